The Morgan fingerprint density at radius 2 is 2.07 bits per heavy atom. The van der Waals surface area contributed by atoms with E-state index in [-0.39, 0.29) is 11.9 Å². The number of rotatable bonds is 2. The highest BCUT2D eigenvalue weighted by atomic mass is 16.3. The van der Waals surface area contributed by atoms with E-state index >= 15 is 0 Å². The fourth-order valence-corrected chi connectivity index (χ4v) is 1.62. The fraction of sp³-hybridized carbons (Fsp3) is 0.900. The van der Waals surface area contributed by atoms with Gasteiger partial charge in [-0.15, -0.1) is 0 Å². The minimum atomic E-state index is -0.604. The maximum absolute atomic E-state index is 11.7. The van der Waals surface area contributed by atoms with Crippen LogP contribution in [0.15, 0.2) is 0 Å². The van der Waals surface area contributed by atoms with Gasteiger partial charge in [0.15, 0.2) is 0 Å². The maximum atomic E-state index is 11.7. The summed E-state index contributed by atoms with van der Waals surface area (Å²) in [6.07, 6.45) is 1.97. The highest BCUT2D eigenvalue weighted by Crippen LogP contribution is 2.21. The molecule has 14 heavy (non-hydrogen) atoms. The zero-order valence-electron chi connectivity index (χ0n) is 8.99. The van der Waals surface area contributed by atoms with Gasteiger partial charge in [0.2, 0.25) is 5.91 Å². The van der Waals surface area contributed by atoms with Gasteiger partial charge in [0.05, 0.1) is 11.6 Å². The van der Waals surface area contributed by atoms with Gasteiger partial charge in [0, 0.05) is 13.1 Å². The van der Waals surface area contributed by atoms with E-state index in [1.807, 2.05) is 13.8 Å². The largest absolute Gasteiger partial charge is 0.390 e. The van der Waals surface area contributed by atoms with Gasteiger partial charge in [-0.2, -0.15) is 0 Å². The Kier molecular flexibility index (Phi) is 3.50. The molecule has 1 rings (SSSR count). The number of likely N-dealkylation sites (tertiary alicyclic amines) is 1. The molecule has 1 fully saturated rings. The Balaban J connectivity index is 2.46. The first-order chi connectivity index (χ1) is 6.46. The molecule has 0 bridgehead atoms. The summed E-state index contributed by atoms with van der Waals surface area (Å²) in [5.74, 6) is 0.0167. The molecule has 4 heteroatoms. The zero-order valence-corrected chi connectivity index (χ0v) is 8.99. The monoisotopic (exact) mass is 200 g/mol. The van der Waals surface area contributed by atoms with Crippen LogP contribution in [0.3, 0.4) is 0 Å². The number of piperidine rings is 1. The van der Waals surface area contributed by atoms with Crippen LogP contribution in [0.25, 0.3) is 0 Å². The van der Waals surface area contributed by atoms with Gasteiger partial charge in [-0.3, -0.25) is 4.79 Å². The van der Waals surface area contributed by atoms with Crippen molar-refractivity contribution in [3.63, 3.8) is 0 Å². The number of nitrogens with zero attached hydrogens (tertiary/aromatic N) is 1. The number of amides is 1. The van der Waals surface area contributed by atoms with Gasteiger partial charge >= 0.3 is 0 Å². The van der Waals surface area contributed by atoms with E-state index in [0.29, 0.717) is 32.4 Å². The predicted molar refractivity (Wildman–Crippen MR) is 54.7 cm³/mol. The second kappa shape index (κ2) is 4.28. The van der Waals surface area contributed by atoms with Crippen molar-refractivity contribution in [2.45, 2.75) is 44.8 Å². The third-order valence-electron chi connectivity index (χ3n) is 2.91. The van der Waals surface area contributed by atoms with Crippen molar-refractivity contribution in [3.8, 4) is 0 Å². The number of nitrogens with two attached hydrogens (primary N) is 1. The predicted octanol–water partition coefficient (Wildman–Crippen LogP) is 0.0971. The summed E-state index contributed by atoms with van der Waals surface area (Å²) in [4.78, 5) is 13.4. The van der Waals surface area contributed by atoms with Crippen LogP contribution in [0.5, 0.6) is 0 Å². The Bertz CT molecular complexity index is 206. The van der Waals surface area contributed by atoms with Gasteiger partial charge in [0.25, 0.3) is 0 Å². The molecule has 0 aromatic rings. The Hall–Kier alpha value is -0.610. The number of aliphatic hydroxyl groups is 1. The summed E-state index contributed by atoms with van der Waals surface area (Å²) < 4.78 is 0. The number of carbonyl (C=O) groups excluding carboxylic acids is 1. The summed E-state index contributed by atoms with van der Waals surface area (Å²) >= 11 is 0. The van der Waals surface area contributed by atoms with Gasteiger partial charge in [-0.25, -0.2) is 0 Å². The molecule has 0 spiro atoms. The Morgan fingerprint density at radius 3 is 2.50 bits per heavy atom. The second-order valence-corrected chi connectivity index (χ2v) is 4.34. The third kappa shape index (κ3) is 2.69. The zero-order chi connectivity index (χ0) is 10.8. The highest BCUT2D eigenvalue weighted by molar-refractivity contribution is 5.81. The molecule has 0 aliphatic carbocycles. The molecular formula is C10H20N2O2. The lowest BCUT2D eigenvalue weighted by atomic mass is 9.93. The normalized spacial score (nSPS) is 23.3. The van der Waals surface area contributed by atoms with E-state index in [4.69, 9.17) is 5.73 Å². The van der Waals surface area contributed by atoms with Crippen molar-refractivity contribution in [1.82, 2.24) is 4.90 Å². The standard InChI is InChI=1S/C10H20N2O2/c1-3-8(11)9(13)12-6-4-10(2,14)5-7-12/h8,14H,3-7,11H2,1-2H3/t8-/m1/s1. The fourth-order valence-electron chi connectivity index (χ4n) is 1.62. The summed E-state index contributed by atoms with van der Waals surface area (Å²) in [5.41, 5.74) is 5.06. The van der Waals surface area contributed by atoms with Crippen molar-refractivity contribution in [2.75, 3.05) is 13.1 Å². The Morgan fingerprint density at radius 1 is 1.57 bits per heavy atom. The van der Waals surface area contributed by atoms with Crippen LogP contribution in [-0.2, 0) is 4.79 Å². The summed E-state index contributed by atoms with van der Waals surface area (Å²) in [6, 6.07) is -0.377. The van der Waals surface area contributed by atoms with Gasteiger partial charge in [0.1, 0.15) is 0 Å². The van der Waals surface area contributed by atoms with Gasteiger partial charge in [-0.1, -0.05) is 6.92 Å². The van der Waals surface area contributed by atoms with E-state index < -0.39 is 5.60 Å². The van der Waals surface area contributed by atoms with Crippen LogP contribution < -0.4 is 5.73 Å². The Labute approximate surface area is 85.1 Å². The molecule has 1 amide bonds. The lowest BCUT2D eigenvalue weighted by molar-refractivity contribution is -0.136. The van der Waals surface area contributed by atoms with Crippen molar-refractivity contribution in [3.05, 3.63) is 0 Å². The topological polar surface area (TPSA) is 66.6 Å². The van der Waals surface area contributed by atoms with Crippen LogP contribution in [0, 0.1) is 0 Å². The van der Waals surface area contributed by atoms with Crippen molar-refractivity contribution < 1.29 is 9.90 Å². The minimum Gasteiger partial charge on any atom is -0.390 e. The molecule has 4 nitrogen and oxygen atoms in total. The quantitative estimate of drug-likeness (QED) is 0.664. The van der Waals surface area contributed by atoms with Crippen LogP contribution in [0.1, 0.15) is 33.1 Å². The van der Waals surface area contributed by atoms with Crippen LogP contribution >= 0.6 is 0 Å². The van der Waals surface area contributed by atoms with E-state index in [2.05, 4.69) is 0 Å². The van der Waals surface area contributed by atoms with Crippen LogP contribution in [0.4, 0.5) is 0 Å². The molecule has 0 radical (unpaired) electrons. The molecule has 1 saturated heterocycles. The second-order valence-electron chi connectivity index (χ2n) is 4.34. The van der Waals surface area contributed by atoms with Crippen molar-refractivity contribution in [1.29, 1.82) is 0 Å². The van der Waals surface area contributed by atoms with Crippen molar-refractivity contribution >= 4 is 5.91 Å². The lowest BCUT2D eigenvalue weighted by Gasteiger charge is -2.36. The first-order valence-electron chi connectivity index (χ1n) is 5.23. The minimum absolute atomic E-state index is 0.0167. The first-order valence-corrected chi connectivity index (χ1v) is 5.23. The van der Waals surface area contributed by atoms with Gasteiger partial charge in [-0.05, 0) is 26.2 Å². The molecule has 3 N–H and O–H groups in total. The summed E-state index contributed by atoms with van der Waals surface area (Å²) in [7, 11) is 0. The first kappa shape index (κ1) is 11.5. The summed E-state index contributed by atoms with van der Waals surface area (Å²) in [5, 5.41) is 9.70. The van der Waals surface area contributed by atoms with Crippen molar-refractivity contribution in [2.24, 2.45) is 5.73 Å². The highest BCUT2D eigenvalue weighted by Gasteiger charge is 2.30. The number of carbonyl (C=O) groups is 1. The molecule has 1 aliphatic rings. The molecule has 0 aromatic carbocycles. The average Bonchev–Trinajstić information content (AvgIpc) is 2.15. The lowest BCUT2D eigenvalue weighted by Crippen LogP contribution is -2.50. The number of hydrogen-bond donors (Lipinski definition) is 2. The third-order valence-corrected chi connectivity index (χ3v) is 2.91. The van der Waals surface area contributed by atoms with Crippen LogP contribution in [0.2, 0.25) is 0 Å². The molecule has 0 unspecified atom stereocenters. The molecule has 1 atom stereocenters. The SMILES string of the molecule is CC[C@@H](N)C(=O)N1CCC(C)(O)CC1. The average molecular weight is 200 g/mol. The molecular weight excluding hydrogens is 180 g/mol. The summed E-state index contributed by atoms with van der Waals surface area (Å²) in [6.45, 7) is 4.97. The van der Waals surface area contributed by atoms with Crippen LogP contribution in [-0.4, -0.2) is 40.6 Å². The molecule has 1 aliphatic heterocycles. The van der Waals surface area contributed by atoms with E-state index in [1.54, 1.807) is 4.90 Å². The van der Waals surface area contributed by atoms with E-state index in [1.165, 1.54) is 0 Å². The smallest absolute Gasteiger partial charge is 0.239 e. The molecule has 82 valence electrons. The van der Waals surface area contributed by atoms with E-state index in [0.717, 1.165) is 0 Å². The number of hydrogen-bond acceptors (Lipinski definition) is 3. The van der Waals surface area contributed by atoms with Gasteiger partial charge < -0.3 is 15.7 Å². The van der Waals surface area contributed by atoms with E-state index in [9.17, 15) is 9.90 Å². The molecule has 0 saturated carbocycles. The molecule has 1 heterocycles. The maximum Gasteiger partial charge on any atom is 0.239 e. The molecule has 0 aromatic heterocycles.